The first kappa shape index (κ1) is 44.2. The number of carbonyl (C=O) groups is 8. The van der Waals surface area contributed by atoms with Crippen molar-refractivity contribution in [1.82, 2.24) is 31.9 Å². The second kappa shape index (κ2) is 21.6. The summed E-state index contributed by atoms with van der Waals surface area (Å²) in [4.78, 5) is 103. The van der Waals surface area contributed by atoms with Gasteiger partial charge in [0.1, 0.15) is 24.2 Å². The van der Waals surface area contributed by atoms with Crippen molar-refractivity contribution in [2.24, 2.45) is 11.7 Å². The molecule has 17 nitrogen and oxygen atoms in total. The number of nitrogens with two attached hydrogens (primary N) is 1. The van der Waals surface area contributed by atoms with Gasteiger partial charge in [-0.25, -0.2) is 0 Å². The van der Waals surface area contributed by atoms with Crippen molar-refractivity contribution in [3.63, 3.8) is 0 Å². The molecule has 0 aromatic heterocycles. The fourth-order valence-electron chi connectivity index (χ4n) is 5.62. The molecule has 300 valence electrons. The molecule has 0 bridgehead atoms. The minimum absolute atomic E-state index is 0.00855. The van der Waals surface area contributed by atoms with Gasteiger partial charge in [0.2, 0.25) is 35.4 Å². The van der Waals surface area contributed by atoms with Crippen molar-refractivity contribution >= 4 is 57.9 Å². The number of aliphatic hydroxyl groups excluding tert-OH is 2. The Hall–Kier alpha value is -6.20. The normalized spacial score (nSPS) is 13.0. The number of Topliss-reactive ketones (excluding diaryl/α,β-unsaturated/α-hetero) is 1. The topological polar surface area (TPSA) is 275 Å². The highest BCUT2D eigenvalue weighted by molar-refractivity contribution is 6.08. The molecule has 0 heterocycles. The number of hydrogen-bond acceptors (Lipinski definition) is 10. The van der Waals surface area contributed by atoms with Gasteiger partial charge in [-0.05, 0) is 41.7 Å². The molecule has 3 rings (SSSR count). The lowest BCUT2D eigenvalue weighted by atomic mass is 9.99. The second-order valence-electron chi connectivity index (χ2n) is 13.4. The summed E-state index contributed by atoms with van der Waals surface area (Å²) in [5.74, 6) is -6.88. The number of fused-ring (bicyclic) bond motifs is 1. The van der Waals surface area contributed by atoms with E-state index in [1.54, 1.807) is 32.0 Å². The largest absolute Gasteiger partial charge is 0.396 e. The third kappa shape index (κ3) is 13.3. The van der Waals surface area contributed by atoms with Gasteiger partial charge in [-0.1, -0.05) is 74.5 Å². The first-order valence-corrected chi connectivity index (χ1v) is 18.0. The number of rotatable bonds is 21. The van der Waals surface area contributed by atoms with Gasteiger partial charge in [0, 0.05) is 25.1 Å². The van der Waals surface area contributed by atoms with Crippen LogP contribution in [0.25, 0.3) is 10.8 Å². The summed E-state index contributed by atoms with van der Waals surface area (Å²) >= 11 is 0. The molecule has 0 saturated heterocycles. The van der Waals surface area contributed by atoms with Crippen molar-refractivity contribution in [3.05, 3.63) is 83.4 Å². The van der Waals surface area contributed by atoms with Crippen molar-refractivity contribution in [2.45, 2.75) is 64.2 Å². The molecule has 0 aliphatic heterocycles. The number of benzene rings is 3. The van der Waals surface area contributed by atoms with Crippen LogP contribution in [0.1, 0.15) is 59.9 Å². The number of ketones is 1. The number of amides is 7. The Balaban J connectivity index is 1.81. The quantitative estimate of drug-likeness (QED) is 0.0469. The van der Waals surface area contributed by atoms with E-state index in [2.05, 4.69) is 31.9 Å². The predicted octanol–water partition coefficient (Wildman–Crippen LogP) is -1.02. The first-order chi connectivity index (χ1) is 26.6. The van der Waals surface area contributed by atoms with Crippen LogP contribution in [0.15, 0.2) is 66.7 Å². The molecule has 3 aromatic rings. The predicted molar refractivity (Wildman–Crippen MR) is 205 cm³/mol. The lowest BCUT2D eigenvalue weighted by Crippen LogP contribution is -2.60. The van der Waals surface area contributed by atoms with Gasteiger partial charge in [0.25, 0.3) is 5.91 Å². The van der Waals surface area contributed by atoms with Gasteiger partial charge in [-0.3, -0.25) is 38.4 Å². The van der Waals surface area contributed by atoms with Gasteiger partial charge in [-0.2, -0.15) is 0 Å². The molecule has 4 atom stereocenters. The highest BCUT2D eigenvalue weighted by Gasteiger charge is 2.33. The highest BCUT2D eigenvalue weighted by Crippen LogP contribution is 2.18. The molecule has 17 heteroatoms. The third-order valence-electron chi connectivity index (χ3n) is 8.61. The summed E-state index contributed by atoms with van der Waals surface area (Å²) in [6.07, 6.45) is -0.499. The Morgan fingerprint density at radius 2 is 1.29 bits per heavy atom. The van der Waals surface area contributed by atoms with Crippen LogP contribution >= 0.6 is 0 Å². The zero-order valence-electron chi connectivity index (χ0n) is 31.4. The molecule has 0 unspecified atom stereocenters. The van der Waals surface area contributed by atoms with Gasteiger partial charge in [-0.15, -0.1) is 0 Å². The minimum atomic E-state index is -1.68. The summed E-state index contributed by atoms with van der Waals surface area (Å²) in [5.41, 5.74) is 6.17. The van der Waals surface area contributed by atoms with E-state index in [4.69, 9.17) is 10.8 Å². The lowest BCUT2D eigenvalue weighted by molar-refractivity contribution is -0.136. The number of aliphatic hydroxyl groups is 2. The molecule has 7 amide bonds. The second-order valence-corrected chi connectivity index (χ2v) is 13.4. The summed E-state index contributed by atoms with van der Waals surface area (Å²) in [6.45, 7) is 3.22. The van der Waals surface area contributed by atoms with E-state index < -0.39 is 91.0 Å². The Bertz CT molecular complexity index is 1920. The monoisotopic (exact) mass is 775 g/mol. The summed E-state index contributed by atoms with van der Waals surface area (Å²) < 4.78 is 0. The van der Waals surface area contributed by atoms with Crippen molar-refractivity contribution < 1.29 is 48.6 Å². The number of primary amides is 1. The highest BCUT2D eigenvalue weighted by atomic mass is 16.3. The van der Waals surface area contributed by atoms with Crippen LogP contribution in [-0.2, 0) is 35.2 Å². The fraction of sp³-hybridized carbons (Fsp3) is 0.385. The molecule has 0 fully saturated rings. The molecule has 0 radical (unpaired) electrons. The van der Waals surface area contributed by atoms with Crippen LogP contribution in [0.4, 0.5) is 0 Å². The van der Waals surface area contributed by atoms with Gasteiger partial charge >= 0.3 is 0 Å². The zero-order valence-corrected chi connectivity index (χ0v) is 31.4. The molecular weight excluding hydrogens is 726 g/mol. The number of carbonyl (C=O) groups excluding carboxylic acids is 8. The number of hydrogen-bond donors (Lipinski definition) is 9. The maximum Gasteiger partial charge on any atom is 0.252 e. The van der Waals surface area contributed by atoms with E-state index >= 15 is 0 Å². The van der Waals surface area contributed by atoms with E-state index in [0.29, 0.717) is 12.0 Å². The fourth-order valence-corrected chi connectivity index (χ4v) is 5.62. The van der Waals surface area contributed by atoms with Crippen LogP contribution in [0.2, 0.25) is 0 Å². The van der Waals surface area contributed by atoms with Crippen LogP contribution in [0.5, 0.6) is 0 Å². The van der Waals surface area contributed by atoms with Crippen LogP contribution < -0.4 is 37.6 Å². The first-order valence-electron chi connectivity index (χ1n) is 18.0. The molecule has 10 N–H and O–H groups in total. The Morgan fingerprint density at radius 3 is 1.91 bits per heavy atom. The standard InChI is InChI=1S/C39H49N7O10/c1-22(2)34(39(56)42-20-33(51)41-15-8-16-47)46-38(55)31(21-48)45-37(54)30(19-32(40)50)44-36(53)29(18-24-13-14-25-9-4-5-10-26(25)17-24)43-35(52)28-12-7-6-11-27(28)23(3)49/h4-7,9-14,17,22,29-31,34,47-48H,8,15-16,18-21H2,1-3H3,(H2,40,50)(H,41,51)(H,42,56)(H,43,52)(H,44,53)(H,45,54)(H,46,55)/t29-,30-,31-,34-/m0/s1. The van der Waals surface area contributed by atoms with Crippen LogP contribution in [-0.4, -0.2) is 108 Å². The number of nitrogens with one attached hydrogen (secondary N) is 6. The molecule has 0 aliphatic carbocycles. The average molecular weight is 776 g/mol. The zero-order chi connectivity index (χ0) is 41.4. The molecule has 0 aliphatic rings. The lowest BCUT2D eigenvalue weighted by Gasteiger charge is -2.26. The smallest absolute Gasteiger partial charge is 0.252 e. The molecular formula is C39H49N7O10. The molecule has 56 heavy (non-hydrogen) atoms. The summed E-state index contributed by atoms with van der Waals surface area (Å²) in [6, 6.07) is 13.0. The summed E-state index contributed by atoms with van der Waals surface area (Å²) in [7, 11) is 0. The maximum atomic E-state index is 13.9. The van der Waals surface area contributed by atoms with E-state index in [-0.39, 0.29) is 36.5 Å². The Morgan fingerprint density at radius 1 is 0.679 bits per heavy atom. The van der Waals surface area contributed by atoms with E-state index in [9.17, 15) is 43.5 Å². The average Bonchev–Trinajstić information content (AvgIpc) is 3.16. The van der Waals surface area contributed by atoms with Gasteiger partial charge < -0.3 is 47.8 Å². The van der Waals surface area contributed by atoms with Crippen molar-refractivity contribution in [2.75, 3.05) is 26.3 Å². The Kier molecular flexibility index (Phi) is 17.1. The SMILES string of the molecule is CC(=O)c1ccccc1C(=O)N[C@@H](Cc1ccc2ccccc2c1)C(=O)N[C@@H](CC(N)=O)C(=O)N[C@@H](CO)C(=O)N[C@H](C(=O)NCC(=O)NCCCO)C(C)C. The van der Waals surface area contributed by atoms with E-state index in [1.165, 1.54) is 19.1 Å². The minimum Gasteiger partial charge on any atom is -0.396 e. The molecule has 0 spiro atoms. The van der Waals surface area contributed by atoms with Gasteiger partial charge in [0.05, 0.1) is 25.1 Å². The van der Waals surface area contributed by atoms with E-state index in [1.807, 2.05) is 36.4 Å². The van der Waals surface area contributed by atoms with Crippen molar-refractivity contribution in [1.29, 1.82) is 0 Å². The maximum absolute atomic E-state index is 13.9. The van der Waals surface area contributed by atoms with E-state index in [0.717, 1.165) is 10.8 Å². The Labute approximate surface area is 323 Å². The summed E-state index contributed by atoms with van der Waals surface area (Å²) in [5, 5.41) is 35.4. The van der Waals surface area contributed by atoms with Crippen molar-refractivity contribution in [3.8, 4) is 0 Å². The molecule has 0 saturated carbocycles. The van der Waals surface area contributed by atoms with Gasteiger partial charge in [0.15, 0.2) is 5.78 Å². The van der Waals surface area contributed by atoms with Crippen LogP contribution in [0.3, 0.4) is 0 Å². The third-order valence-corrected chi connectivity index (χ3v) is 8.61. The van der Waals surface area contributed by atoms with Crippen LogP contribution in [0, 0.1) is 5.92 Å². The molecule has 3 aromatic carbocycles.